The number of hydrogen-bond acceptors (Lipinski definition) is 5. The maximum absolute atomic E-state index is 12.2. The third kappa shape index (κ3) is 6.09. The SMILES string of the molecule is CCC(=O)c1ccc(OCC(=O)NCC(c2cccc(OC)c2)N(C)C)cc1. The molecule has 0 fully saturated rings. The Morgan fingerprint density at radius 2 is 1.79 bits per heavy atom. The highest BCUT2D eigenvalue weighted by atomic mass is 16.5. The monoisotopic (exact) mass is 384 g/mol. The number of ether oxygens (including phenoxy) is 2. The van der Waals surface area contributed by atoms with Crippen LogP contribution in [0, 0.1) is 0 Å². The molecule has 0 aliphatic rings. The lowest BCUT2D eigenvalue weighted by Gasteiger charge is -2.25. The molecule has 0 bridgehead atoms. The van der Waals surface area contributed by atoms with E-state index in [1.165, 1.54) is 0 Å². The van der Waals surface area contributed by atoms with E-state index in [1.54, 1.807) is 31.4 Å². The van der Waals surface area contributed by atoms with Gasteiger partial charge in [0.15, 0.2) is 12.4 Å². The smallest absolute Gasteiger partial charge is 0.258 e. The third-order valence-corrected chi connectivity index (χ3v) is 4.46. The summed E-state index contributed by atoms with van der Waals surface area (Å²) in [5.74, 6) is 1.21. The van der Waals surface area contributed by atoms with Gasteiger partial charge in [-0.1, -0.05) is 19.1 Å². The van der Waals surface area contributed by atoms with Crippen molar-refractivity contribution in [2.45, 2.75) is 19.4 Å². The van der Waals surface area contributed by atoms with E-state index >= 15 is 0 Å². The van der Waals surface area contributed by atoms with Gasteiger partial charge >= 0.3 is 0 Å². The van der Waals surface area contributed by atoms with Crippen LogP contribution in [0.25, 0.3) is 0 Å². The molecule has 6 nitrogen and oxygen atoms in total. The van der Waals surface area contributed by atoms with Crippen LogP contribution < -0.4 is 14.8 Å². The molecule has 28 heavy (non-hydrogen) atoms. The van der Waals surface area contributed by atoms with E-state index in [-0.39, 0.29) is 24.3 Å². The Balaban J connectivity index is 1.88. The van der Waals surface area contributed by atoms with Crippen molar-refractivity contribution in [1.82, 2.24) is 10.2 Å². The summed E-state index contributed by atoms with van der Waals surface area (Å²) < 4.78 is 10.8. The maximum Gasteiger partial charge on any atom is 0.258 e. The van der Waals surface area contributed by atoms with Crippen molar-refractivity contribution in [3.05, 3.63) is 59.7 Å². The Morgan fingerprint density at radius 1 is 1.07 bits per heavy atom. The van der Waals surface area contributed by atoms with E-state index in [0.29, 0.717) is 24.3 Å². The minimum Gasteiger partial charge on any atom is -0.497 e. The van der Waals surface area contributed by atoms with Gasteiger partial charge in [0.1, 0.15) is 11.5 Å². The lowest BCUT2D eigenvalue weighted by molar-refractivity contribution is -0.123. The molecular weight excluding hydrogens is 356 g/mol. The van der Waals surface area contributed by atoms with Crippen LogP contribution in [0.5, 0.6) is 11.5 Å². The second-order valence-electron chi connectivity index (χ2n) is 6.65. The number of nitrogens with one attached hydrogen (secondary N) is 1. The molecule has 0 aliphatic heterocycles. The molecule has 0 aromatic heterocycles. The molecule has 150 valence electrons. The Labute approximate surface area is 166 Å². The van der Waals surface area contributed by atoms with Crippen LogP contribution in [0.2, 0.25) is 0 Å². The van der Waals surface area contributed by atoms with Gasteiger partial charge in [-0.15, -0.1) is 0 Å². The number of rotatable bonds is 10. The van der Waals surface area contributed by atoms with Crippen molar-refractivity contribution in [3.8, 4) is 11.5 Å². The van der Waals surface area contributed by atoms with Crippen molar-refractivity contribution >= 4 is 11.7 Å². The van der Waals surface area contributed by atoms with Crippen molar-refractivity contribution in [2.75, 3.05) is 34.4 Å². The number of likely N-dealkylation sites (N-methyl/N-ethyl adjacent to an activating group) is 1. The van der Waals surface area contributed by atoms with Gasteiger partial charge in [-0.05, 0) is 56.1 Å². The molecule has 0 radical (unpaired) electrons. The van der Waals surface area contributed by atoms with Gasteiger partial charge in [0.2, 0.25) is 0 Å². The quantitative estimate of drug-likeness (QED) is 0.638. The molecule has 0 saturated heterocycles. The topological polar surface area (TPSA) is 67.9 Å². The molecule has 2 aromatic rings. The molecule has 2 aromatic carbocycles. The number of hydrogen-bond donors (Lipinski definition) is 1. The van der Waals surface area contributed by atoms with Crippen molar-refractivity contribution < 1.29 is 19.1 Å². The number of carbonyl (C=O) groups excluding carboxylic acids is 2. The van der Waals surface area contributed by atoms with Gasteiger partial charge in [0.25, 0.3) is 5.91 Å². The van der Waals surface area contributed by atoms with Crippen molar-refractivity contribution in [1.29, 1.82) is 0 Å². The zero-order valence-corrected chi connectivity index (χ0v) is 16.9. The van der Waals surface area contributed by atoms with E-state index in [2.05, 4.69) is 5.32 Å². The summed E-state index contributed by atoms with van der Waals surface area (Å²) in [5.41, 5.74) is 1.70. The van der Waals surface area contributed by atoms with Crippen molar-refractivity contribution in [3.63, 3.8) is 0 Å². The predicted octanol–water partition coefficient (Wildman–Crippen LogP) is 3.09. The van der Waals surface area contributed by atoms with Gasteiger partial charge < -0.3 is 19.7 Å². The fourth-order valence-corrected chi connectivity index (χ4v) is 2.80. The molecule has 1 N–H and O–H groups in total. The van der Waals surface area contributed by atoms with Gasteiger partial charge in [0.05, 0.1) is 13.2 Å². The summed E-state index contributed by atoms with van der Waals surface area (Å²) in [6.07, 6.45) is 0.461. The Morgan fingerprint density at radius 3 is 2.39 bits per heavy atom. The molecule has 2 rings (SSSR count). The first-order valence-electron chi connectivity index (χ1n) is 9.27. The average molecular weight is 384 g/mol. The van der Waals surface area contributed by atoms with E-state index in [0.717, 1.165) is 11.3 Å². The summed E-state index contributed by atoms with van der Waals surface area (Å²) in [7, 11) is 5.56. The predicted molar refractivity (Wildman–Crippen MR) is 109 cm³/mol. The molecule has 0 spiro atoms. The van der Waals surface area contributed by atoms with E-state index in [1.807, 2.05) is 50.2 Å². The van der Waals surface area contributed by atoms with Gasteiger partial charge in [0, 0.05) is 18.5 Å². The number of benzene rings is 2. The zero-order valence-electron chi connectivity index (χ0n) is 16.9. The molecular formula is C22H28N2O4. The zero-order chi connectivity index (χ0) is 20.5. The standard InChI is InChI=1S/C22H28N2O4/c1-5-21(25)16-9-11-18(12-10-16)28-15-22(26)23-14-20(24(2)3)17-7-6-8-19(13-17)27-4/h6-13,20H,5,14-15H2,1-4H3,(H,23,26). The van der Waals surface area contributed by atoms with E-state index < -0.39 is 0 Å². The fourth-order valence-electron chi connectivity index (χ4n) is 2.80. The number of ketones is 1. The van der Waals surface area contributed by atoms with Crippen LogP contribution in [-0.2, 0) is 4.79 Å². The normalized spacial score (nSPS) is 11.8. The van der Waals surface area contributed by atoms with Gasteiger partial charge in [-0.3, -0.25) is 9.59 Å². The molecule has 1 unspecified atom stereocenters. The van der Waals surface area contributed by atoms with Crippen LogP contribution in [0.4, 0.5) is 0 Å². The highest BCUT2D eigenvalue weighted by molar-refractivity contribution is 5.95. The molecule has 1 amide bonds. The minimum absolute atomic E-state index is 0.0124. The van der Waals surface area contributed by atoms with Crippen LogP contribution in [0.1, 0.15) is 35.3 Å². The number of carbonyl (C=O) groups is 2. The Bertz CT molecular complexity index is 787. The van der Waals surface area contributed by atoms with Crippen LogP contribution in [-0.4, -0.2) is 50.9 Å². The Hall–Kier alpha value is -2.86. The molecule has 0 aliphatic carbocycles. The maximum atomic E-state index is 12.2. The first-order valence-corrected chi connectivity index (χ1v) is 9.27. The summed E-state index contributed by atoms with van der Waals surface area (Å²) in [6, 6.07) is 14.6. The van der Waals surface area contributed by atoms with Crippen molar-refractivity contribution in [2.24, 2.45) is 0 Å². The molecule has 6 heteroatoms. The second-order valence-corrected chi connectivity index (χ2v) is 6.65. The largest absolute Gasteiger partial charge is 0.497 e. The van der Waals surface area contributed by atoms with E-state index in [9.17, 15) is 9.59 Å². The van der Waals surface area contributed by atoms with Gasteiger partial charge in [-0.2, -0.15) is 0 Å². The number of methoxy groups -OCH3 is 1. The average Bonchev–Trinajstić information content (AvgIpc) is 2.72. The summed E-state index contributed by atoms with van der Waals surface area (Å²) in [6.45, 7) is 2.19. The summed E-state index contributed by atoms with van der Waals surface area (Å²) >= 11 is 0. The Kier molecular flexibility index (Phi) is 8.02. The molecule has 0 heterocycles. The lowest BCUT2D eigenvalue weighted by atomic mass is 10.1. The first kappa shape index (κ1) is 21.4. The first-order chi connectivity index (χ1) is 13.4. The number of amides is 1. The highest BCUT2D eigenvalue weighted by Crippen LogP contribution is 2.22. The highest BCUT2D eigenvalue weighted by Gasteiger charge is 2.16. The minimum atomic E-state index is -0.205. The summed E-state index contributed by atoms with van der Waals surface area (Å²) in [5, 5.41) is 2.91. The van der Waals surface area contributed by atoms with Crippen LogP contribution >= 0.6 is 0 Å². The molecule has 0 saturated carbocycles. The fraction of sp³-hybridized carbons (Fsp3) is 0.364. The lowest BCUT2D eigenvalue weighted by Crippen LogP contribution is -2.36. The second kappa shape index (κ2) is 10.5. The van der Waals surface area contributed by atoms with Crippen LogP contribution in [0.15, 0.2) is 48.5 Å². The third-order valence-electron chi connectivity index (χ3n) is 4.46. The molecule has 1 atom stereocenters. The summed E-state index contributed by atoms with van der Waals surface area (Å²) in [4.78, 5) is 25.9. The number of nitrogens with zero attached hydrogens (tertiary/aromatic N) is 1. The van der Waals surface area contributed by atoms with Crippen LogP contribution in [0.3, 0.4) is 0 Å². The van der Waals surface area contributed by atoms with E-state index in [4.69, 9.17) is 9.47 Å². The number of Topliss-reactive ketones (excluding diaryl/α,β-unsaturated/α-hetero) is 1. The van der Waals surface area contributed by atoms with Gasteiger partial charge in [-0.25, -0.2) is 0 Å².